The number of sulfonamides is 1. The maximum atomic E-state index is 12.3. The lowest BCUT2D eigenvalue weighted by Gasteiger charge is -2.13. The quantitative estimate of drug-likeness (QED) is 0.682. The molecule has 0 aliphatic heterocycles. The molecule has 0 aliphatic carbocycles. The minimum absolute atomic E-state index is 0.00726. The predicted octanol–water partition coefficient (Wildman–Crippen LogP) is 2.39. The SMILES string of the molecule is COc1ccccc1NC(=O)COC(=O)c1cc(S(=O)(=O)N(C)C)ccc1Cl. The van der Waals surface area contributed by atoms with Gasteiger partial charge in [0.1, 0.15) is 5.75 Å². The summed E-state index contributed by atoms with van der Waals surface area (Å²) in [5, 5.41) is 2.56. The highest BCUT2D eigenvalue weighted by Crippen LogP contribution is 2.24. The first-order valence-corrected chi connectivity index (χ1v) is 9.80. The molecule has 0 atom stereocenters. The van der Waals surface area contributed by atoms with Gasteiger partial charge in [-0.05, 0) is 30.3 Å². The van der Waals surface area contributed by atoms with Gasteiger partial charge in [-0.2, -0.15) is 0 Å². The summed E-state index contributed by atoms with van der Waals surface area (Å²) in [5.74, 6) is -1.06. The molecule has 0 fully saturated rings. The summed E-state index contributed by atoms with van der Waals surface area (Å²) in [7, 11) is 0.435. The molecule has 2 aromatic rings. The Morgan fingerprint density at radius 3 is 2.46 bits per heavy atom. The van der Waals surface area contributed by atoms with Crippen LogP contribution in [0.25, 0.3) is 0 Å². The highest BCUT2D eigenvalue weighted by molar-refractivity contribution is 7.89. The molecule has 0 heterocycles. The van der Waals surface area contributed by atoms with Crippen LogP contribution in [0.3, 0.4) is 0 Å². The summed E-state index contributed by atoms with van der Waals surface area (Å²) in [6.45, 7) is -0.585. The van der Waals surface area contributed by atoms with Crippen molar-refractivity contribution in [2.45, 2.75) is 4.90 Å². The van der Waals surface area contributed by atoms with Crippen LogP contribution < -0.4 is 10.1 Å². The Morgan fingerprint density at radius 1 is 1.14 bits per heavy atom. The van der Waals surface area contributed by atoms with Crippen molar-refractivity contribution >= 4 is 39.2 Å². The number of nitrogens with one attached hydrogen (secondary N) is 1. The molecule has 0 spiro atoms. The van der Waals surface area contributed by atoms with Crippen LogP contribution >= 0.6 is 11.6 Å². The monoisotopic (exact) mass is 426 g/mol. The van der Waals surface area contributed by atoms with E-state index in [4.69, 9.17) is 21.1 Å². The molecule has 0 bridgehead atoms. The second kappa shape index (κ2) is 9.05. The van der Waals surface area contributed by atoms with Crippen LogP contribution in [0.2, 0.25) is 5.02 Å². The minimum Gasteiger partial charge on any atom is -0.495 e. The Kier molecular flexibility index (Phi) is 7.00. The van der Waals surface area contributed by atoms with Gasteiger partial charge in [0.15, 0.2) is 6.61 Å². The summed E-state index contributed by atoms with van der Waals surface area (Å²) >= 11 is 5.98. The first kappa shape index (κ1) is 21.7. The molecular weight excluding hydrogens is 408 g/mol. The minimum atomic E-state index is -3.76. The van der Waals surface area contributed by atoms with Gasteiger partial charge in [-0.1, -0.05) is 23.7 Å². The highest BCUT2D eigenvalue weighted by Gasteiger charge is 2.22. The maximum Gasteiger partial charge on any atom is 0.340 e. The number of rotatable bonds is 7. The number of nitrogens with zero attached hydrogens (tertiary/aromatic N) is 1. The summed E-state index contributed by atoms with van der Waals surface area (Å²) in [6, 6.07) is 10.4. The Balaban J connectivity index is 2.10. The van der Waals surface area contributed by atoms with Crippen LogP contribution in [-0.2, 0) is 19.6 Å². The summed E-state index contributed by atoms with van der Waals surface area (Å²) in [4.78, 5) is 24.2. The molecule has 2 rings (SSSR count). The van der Waals surface area contributed by atoms with E-state index in [9.17, 15) is 18.0 Å². The lowest BCUT2D eigenvalue weighted by molar-refractivity contribution is -0.119. The van der Waals surface area contributed by atoms with Gasteiger partial charge in [0, 0.05) is 14.1 Å². The number of amides is 1. The Labute approximate surface area is 168 Å². The average Bonchev–Trinajstić information content (AvgIpc) is 2.66. The van der Waals surface area contributed by atoms with Gasteiger partial charge in [-0.25, -0.2) is 17.5 Å². The molecule has 2 aromatic carbocycles. The molecule has 0 unspecified atom stereocenters. The number of methoxy groups -OCH3 is 1. The van der Waals surface area contributed by atoms with Gasteiger partial charge in [0.25, 0.3) is 5.91 Å². The Morgan fingerprint density at radius 2 is 1.82 bits per heavy atom. The van der Waals surface area contributed by atoms with E-state index in [0.717, 1.165) is 10.4 Å². The van der Waals surface area contributed by atoms with E-state index in [0.29, 0.717) is 11.4 Å². The van der Waals surface area contributed by atoms with Crippen molar-refractivity contribution in [1.29, 1.82) is 0 Å². The van der Waals surface area contributed by atoms with E-state index in [2.05, 4.69) is 5.32 Å². The lowest BCUT2D eigenvalue weighted by atomic mass is 10.2. The van der Waals surface area contributed by atoms with Crippen LogP contribution in [0.4, 0.5) is 5.69 Å². The zero-order chi connectivity index (χ0) is 20.9. The van der Waals surface area contributed by atoms with Crippen LogP contribution in [-0.4, -0.2) is 52.4 Å². The second-order valence-corrected chi connectivity index (χ2v) is 8.31. The third kappa shape index (κ3) is 5.00. The van der Waals surface area contributed by atoms with Gasteiger partial charge >= 0.3 is 5.97 Å². The molecule has 0 saturated heterocycles. The Bertz CT molecular complexity index is 991. The molecule has 0 saturated carbocycles. The zero-order valence-corrected chi connectivity index (χ0v) is 17.0. The molecule has 1 N–H and O–H groups in total. The number of carbonyl (C=O) groups excluding carboxylic acids is 2. The third-order valence-corrected chi connectivity index (χ3v) is 5.79. The molecule has 0 aromatic heterocycles. The highest BCUT2D eigenvalue weighted by atomic mass is 35.5. The number of benzene rings is 2. The second-order valence-electron chi connectivity index (χ2n) is 5.75. The Hall–Kier alpha value is -2.62. The number of anilines is 1. The van der Waals surface area contributed by atoms with Crippen LogP contribution in [0.5, 0.6) is 5.75 Å². The van der Waals surface area contributed by atoms with Crippen molar-refractivity contribution in [2.24, 2.45) is 0 Å². The van der Waals surface area contributed by atoms with Crippen molar-refractivity contribution in [2.75, 3.05) is 33.1 Å². The topological polar surface area (TPSA) is 102 Å². The number of para-hydroxylation sites is 2. The van der Waals surface area contributed by atoms with Gasteiger partial charge in [-0.15, -0.1) is 0 Å². The van der Waals surface area contributed by atoms with Crippen LogP contribution in [0.15, 0.2) is 47.4 Å². The fraction of sp³-hybridized carbons (Fsp3) is 0.222. The van der Waals surface area contributed by atoms with E-state index >= 15 is 0 Å². The summed E-state index contributed by atoms with van der Waals surface area (Å²) in [6.07, 6.45) is 0. The number of hydrogen-bond acceptors (Lipinski definition) is 6. The van der Waals surface area contributed by atoms with Crippen molar-refractivity contribution in [3.8, 4) is 5.75 Å². The van der Waals surface area contributed by atoms with E-state index in [1.165, 1.54) is 33.3 Å². The molecule has 28 heavy (non-hydrogen) atoms. The summed E-state index contributed by atoms with van der Waals surface area (Å²) < 4.78 is 35.5. The lowest BCUT2D eigenvalue weighted by Crippen LogP contribution is -2.23. The molecule has 0 aliphatic rings. The molecule has 1 amide bonds. The molecule has 8 nitrogen and oxygen atoms in total. The van der Waals surface area contributed by atoms with Gasteiger partial charge in [0.2, 0.25) is 10.0 Å². The van der Waals surface area contributed by atoms with Crippen molar-refractivity contribution in [1.82, 2.24) is 4.31 Å². The molecule has 150 valence electrons. The first-order chi connectivity index (χ1) is 13.2. The van der Waals surface area contributed by atoms with Crippen molar-refractivity contribution in [3.05, 3.63) is 53.1 Å². The maximum absolute atomic E-state index is 12.3. The van der Waals surface area contributed by atoms with Crippen LogP contribution in [0.1, 0.15) is 10.4 Å². The largest absolute Gasteiger partial charge is 0.495 e. The number of ether oxygens (including phenoxy) is 2. The zero-order valence-electron chi connectivity index (χ0n) is 15.4. The first-order valence-electron chi connectivity index (χ1n) is 7.99. The van der Waals surface area contributed by atoms with E-state index in [1.54, 1.807) is 24.3 Å². The molecule has 10 heteroatoms. The van der Waals surface area contributed by atoms with E-state index < -0.39 is 28.5 Å². The van der Waals surface area contributed by atoms with Gasteiger partial charge < -0.3 is 14.8 Å². The molecular formula is C18H19ClN2O6S. The summed E-state index contributed by atoms with van der Waals surface area (Å²) in [5.41, 5.74) is 0.262. The van der Waals surface area contributed by atoms with E-state index in [1.807, 2.05) is 0 Å². The molecule has 0 radical (unpaired) electrons. The third-order valence-electron chi connectivity index (χ3n) is 3.65. The van der Waals surface area contributed by atoms with Crippen molar-refractivity contribution in [3.63, 3.8) is 0 Å². The van der Waals surface area contributed by atoms with Gasteiger partial charge in [-0.3, -0.25) is 4.79 Å². The fourth-order valence-corrected chi connectivity index (χ4v) is 3.30. The average molecular weight is 427 g/mol. The van der Waals surface area contributed by atoms with Crippen molar-refractivity contribution < 1.29 is 27.5 Å². The fourth-order valence-electron chi connectivity index (χ4n) is 2.18. The number of halogens is 1. The number of esters is 1. The number of carbonyl (C=O) groups is 2. The van der Waals surface area contributed by atoms with Crippen LogP contribution in [0, 0.1) is 0 Å². The standard InChI is InChI=1S/C18H19ClN2O6S/c1-21(2)28(24,25)12-8-9-14(19)13(10-12)18(23)27-11-17(22)20-15-6-4-5-7-16(15)26-3/h4-10H,11H2,1-3H3,(H,20,22). The number of hydrogen-bond donors (Lipinski definition) is 1. The normalized spacial score (nSPS) is 11.2. The van der Waals surface area contributed by atoms with E-state index in [-0.39, 0.29) is 15.5 Å². The predicted molar refractivity (Wildman–Crippen MR) is 104 cm³/mol. The smallest absolute Gasteiger partial charge is 0.340 e. The van der Waals surface area contributed by atoms with Gasteiger partial charge in [0.05, 0.1) is 28.3 Å².